The van der Waals surface area contributed by atoms with Gasteiger partial charge in [0.05, 0.1) is 13.2 Å². The van der Waals surface area contributed by atoms with Crippen LogP contribution in [0.25, 0.3) is 0 Å². The highest BCUT2D eigenvalue weighted by Gasteiger charge is 2.54. The second kappa shape index (κ2) is 11.5. The maximum atomic E-state index is 11.9. The molecule has 2 fully saturated rings. The number of hydrogen-bond acceptors (Lipinski definition) is 13. The summed E-state index contributed by atoms with van der Waals surface area (Å²) < 4.78 is 39.0. The Labute approximate surface area is 201 Å². The summed E-state index contributed by atoms with van der Waals surface area (Å²) >= 11 is 6.60. The van der Waals surface area contributed by atoms with Crippen LogP contribution in [0.1, 0.15) is 41.5 Å². The van der Waals surface area contributed by atoms with Crippen LogP contribution in [0.2, 0.25) is 0 Å². The van der Waals surface area contributed by atoms with E-state index in [9.17, 15) is 19.2 Å². The van der Waals surface area contributed by atoms with Crippen LogP contribution >= 0.6 is 17.1 Å². The highest BCUT2D eigenvalue weighted by Crippen LogP contribution is 2.67. The smallest absolute Gasteiger partial charge is 0.303 e. The SMILES string of the molecule is CC(=O)OC[C@H]1O[C@@H](SP2(=S)OCC(C)(C)CO2)[C@H](OC(C)=O)[C@@H](OC(C)=O)[C@@H]1OC(C)=O. The Morgan fingerprint density at radius 1 is 0.879 bits per heavy atom. The second-order valence-corrected chi connectivity index (χ2v) is 14.6. The lowest BCUT2D eigenvalue weighted by Crippen LogP contribution is -2.61. The fourth-order valence-corrected chi connectivity index (χ4v) is 8.07. The summed E-state index contributed by atoms with van der Waals surface area (Å²) in [6.07, 6.45) is -4.74. The summed E-state index contributed by atoms with van der Waals surface area (Å²) in [5.41, 5.74) is -4.20. The number of rotatable bonds is 7. The Morgan fingerprint density at radius 2 is 1.36 bits per heavy atom. The van der Waals surface area contributed by atoms with Crippen LogP contribution < -0.4 is 0 Å². The summed E-state index contributed by atoms with van der Waals surface area (Å²) in [5.74, 6) is -2.69. The first kappa shape index (κ1) is 28.0. The molecule has 0 bridgehead atoms. The fraction of sp³-hybridized carbons (Fsp3) is 0.789. The molecular formula is C19H29O11PS2. The Bertz CT molecular complexity index is 804. The summed E-state index contributed by atoms with van der Waals surface area (Å²) in [7, 11) is 0. The zero-order valence-electron chi connectivity index (χ0n) is 19.3. The molecule has 2 aliphatic heterocycles. The minimum Gasteiger partial charge on any atom is -0.463 e. The lowest BCUT2D eigenvalue weighted by molar-refractivity contribution is -0.237. The molecule has 0 amide bonds. The van der Waals surface area contributed by atoms with Crippen LogP contribution in [-0.4, -0.2) is 73.5 Å². The van der Waals surface area contributed by atoms with Crippen molar-refractivity contribution in [1.29, 1.82) is 0 Å². The molecule has 0 aromatic rings. The Kier molecular flexibility index (Phi) is 9.72. The molecule has 0 N–H and O–H groups in total. The van der Waals surface area contributed by atoms with Crippen molar-refractivity contribution in [3.63, 3.8) is 0 Å². The molecule has 0 saturated carbocycles. The number of esters is 4. The van der Waals surface area contributed by atoms with Gasteiger partial charge >= 0.3 is 23.9 Å². The second-order valence-electron chi connectivity index (χ2n) is 8.33. The third kappa shape index (κ3) is 8.48. The molecule has 2 aliphatic rings. The summed E-state index contributed by atoms with van der Waals surface area (Å²) in [5, 5.41) is 0. The van der Waals surface area contributed by atoms with Gasteiger partial charge in [0.1, 0.15) is 12.7 Å². The van der Waals surface area contributed by atoms with Crippen LogP contribution in [0.3, 0.4) is 0 Å². The third-order valence-corrected chi connectivity index (χ3v) is 9.58. The van der Waals surface area contributed by atoms with Crippen LogP contribution in [-0.2, 0) is 63.7 Å². The van der Waals surface area contributed by atoms with Gasteiger partial charge in [-0.1, -0.05) is 13.8 Å². The molecule has 0 unspecified atom stereocenters. The van der Waals surface area contributed by atoms with Crippen LogP contribution in [0.15, 0.2) is 0 Å². The molecule has 14 heteroatoms. The number of ether oxygens (including phenoxy) is 5. The molecule has 0 aromatic carbocycles. The Hall–Kier alpha value is -1.24. The maximum absolute atomic E-state index is 11.9. The van der Waals surface area contributed by atoms with Gasteiger partial charge in [0.2, 0.25) is 5.69 Å². The van der Waals surface area contributed by atoms with Crippen molar-refractivity contribution < 1.29 is 51.9 Å². The predicted octanol–water partition coefficient (Wildman–Crippen LogP) is 2.10. The van der Waals surface area contributed by atoms with Gasteiger partial charge in [-0.25, -0.2) is 0 Å². The molecule has 33 heavy (non-hydrogen) atoms. The van der Waals surface area contributed by atoms with E-state index in [-0.39, 0.29) is 12.0 Å². The van der Waals surface area contributed by atoms with E-state index in [1.54, 1.807) is 0 Å². The molecule has 2 rings (SSSR count). The van der Waals surface area contributed by atoms with E-state index in [0.29, 0.717) is 13.2 Å². The van der Waals surface area contributed by atoms with Crippen molar-refractivity contribution in [3.05, 3.63) is 0 Å². The van der Waals surface area contributed by atoms with E-state index < -0.39 is 59.4 Å². The van der Waals surface area contributed by atoms with Gasteiger partial charge in [0.25, 0.3) is 0 Å². The van der Waals surface area contributed by atoms with Crippen molar-refractivity contribution >= 4 is 52.8 Å². The first-order chi connectivity index (χ1) is 15.2. The molecule has 0 radical (unpaired) electrons. The summed E-state index contributed by atoms with van der Waals surface area (Å²) in [4.78, 5) is 46.9. The van der Waals surface area contributed by atoms with Crippen molar-refractivity contribution in [1.82, 2.24) is 0 Å². The average Bonchev–Trinajstić information content (AvgIpc) is 2.67. The maximum Gasteiger partial charge on any atom is 0.303 e. The van der Waals surface area contributed by atoms with E-state index in [1.807, 2.05) is 13.8 Å². The lowest BCUT2D eigenvalue weighted by Gasteiger charge is -2.45. The molecule has 5 atom stereocenters. The molecule has 0 aliphatic carbocycles. The highest BCUT2D eigenvalue weighted by molar-refractivity contribution is 8.68. The first-order valence-corrected chi connectivity index (χ1v) is 14.2. The standard InChI is InChI=1S/C19H29O11PS2/c1-10(20)24-7-14-15(27-11(2)21)16(28-12(3)22)17(29-13(4)23)18(30-14)33-31(32)25-8-19(5,6)9-26-31/h14-18H,7-9H2,1-6H3/t14-,15-,16+,17-,18+/m1/s1. The van der Waals surface area contributed by atoms with Crippen LogP contribution in [0.4, 0.5) is 0 Å². The molecule has 0 spiro atoms. The number of carbonyl (C=O) groups is 4. The van der Waals surface area contributed by atoms with Crippen molar-refractivity contribution in [3.8, 4) is 0 Å². The quantitative estimate of drug-likeness (QED) is 0.272. The minimum absolute atomic E-state index is 0.232. The van der Waals surface area contributed by atoms with Gasteiger partial charge in [-0.15, -0.1) is 0 Å². The molecule has 188 valence electrons. The first-order valence-electron chi connectivity index (χ1n) is 10.1. The largest absolute Gasteiger partial charge is 0.463 e. The van der Waals surface area contributed by atoms with Gasteiger partial charge in [0.15, 0.2) is 23.7 Å². The van der Waals surface area contributed by atoms with Gasteiger partial charge < -0.3 is 32.7 Å². The zero-order chi connectivity index (χ0) is 25.0. The van der Waals surface area contributed by atoms with Crippen LogP contribution in [0, 0.1) is 5.41 Å². The van der Waals surface area contributed by atoms with Gasteiger partial charge in [-0.05, 0) is 23.2 Å². The van der Waals surface area contributed by atoms with Crippen molar-refractivity contribution in [2.45, 2.75) is 71.4 Å². The van der Waals surface area contributed by atoms with E-state index in [4.69, 9.17) is 44.5 Å². The van der Waals surface area contributed by atoms with E-state index in [0.717, 1.165) is 25.2 Å². The number of carbonyl (C=O) groups excluding carboxylic acids is 4. The molecule has 0 aromatic heterocycles. The van der Waals surface area contributed by atoms with Crippen LogP contribution in [0.5, 0.6) is 0 Å². The van der Waals surface area contributed by atoms with Gasteiger partial charge in [0, 0.05) is 33.1 Å². The minimum atomic E-state index is -2.94. The molecule has 2 heterocycles. The fourth-order valence-electron chi connectivity index (χ4n) is 3.05. The Balaban J connectivity index is 2.40. The van der Waals surface area contributed by atoms with Gasteiger partial charge in [-0.3, -0.25) is 19.2 Å². The Morgan fingerprint density at radius 3 is 1.85 bits per heavy atom. The topological polar surface area (TPSA) is 133 Å². The average molecular weight is 529 g/mol. The normalized spacial score (nSPS) is 30.5. The lowest BCUT2D eigenvalue weighted by atomic mass is 9.97. The molecule has 2 saturated heterocycles. The zero-order valence-corrected chi connectivity index (χ0v) is 21.8. The number of hydrogen-bond donors (Lipinski definition) is 0. The molecular weight excluding hydrogens is 499 g/mol. The summed E-state index contributed by atoms with van der Waals surface area (Å²) in [6, 6.07) is 0. The van der Waals surface area contributed by atoms with Crippen molar-refractivity contribution in [2.75, 3.05) is 19.8 Å². The van der Waals surface area contributed by atoms with E-state index >= 15 is 0 Å². The molecule has 11 nitrogen and oxygen atoms in total. The van der Waals surface area contributed by atoms with E-state index in [2.05, 4.69) is 0 Å². The van der Waals surface area contributed by atoms with Crippen molar-refractivity contribution in [2.24, 2.45) is 5.41 Å². The van der Waals surface area contributed by atoms with Gasteiger partial charge in [-0.2, -0.15) is 0 Å². The summed E-state index contributed by atoms with van der Waals surface area (Å²) in [6.45, 7) is 9.01. The van der Waals surface area contributed by atoms with E-state index in [1.165, 1.54) is 13.8 Å². The monoisotopic (exact) mass is 528 g/mol. The third-order valence-electron chi connectivity index (χ3n) is 4.41. The highest BCUT2D eigenvalue weighted by atomic mass is 32.9. The predicted molar refractivity (Wildman–Crippen MR) is 120 cm³/mol.